The van der Waals surface area contributed by atoms with Crippen LogP contribution < -0.4 is 0 Å². The molecule has 0 aromatic rings. The second kappa shape index (κ2) is 10.7. The molecule has 0 amide bonds. The first kappa shape index (κ1) is 16.4. The normalized spacial score (nSPS) is 21.0. The monoisotopic (exact) mass is 278 g/mol. The molecule has 20 heavy (non-hydrogen) atoms. The number of hydrogen-bond acceptors (Lipinski definition) is 0. The molecular formula is C20H38. The van der Waals surface area contributed by atoms with Gasteiger partial charge in [0.05, 0.1) is 0 Å². The van der Waals surface area contributed by atoms with Crippen molar-refractivity contribution in [2.24, 2.45) is 11.8 Å². The second-order valence-corrected chi connectivity index (χ2v) is 7.71. The minimum absolute atomic E-state index is 1.12. The maximum Gasteiger partial charge on any atom is -0.0414 e. The SMILES string of the molecule is C(CCCCCC1CCCC1)CCCCC1CCCC1. The van der Waals surface area contributed by atoms with Crippen LogP contribution in [-0.2, 0) is 0 Å². The summed E-state index contributed by atoms with van der Waals surface area (Å²) >= 11 is 0. The van der Waals surface area contributed by atoms with E-state index < -0.39 is 0 Å². The first-order valence-corrected chi connectivity index (χ1v) is 9.95. The molecule has 118 valence electrons. The lowest BCUT2D eigenvalue weighted by Gasteiger charge is -2.09. The molecule has 2 aliphatic rings. The van der Waals surface area contributed by atoms with Crippen LogP contribution >= 0.6 is 0 Å². The van der Waals surface area contributed by atoms with Gasteiger partial charge in [0.25, 0.3) is 0 Å². The molecule has 0 aliphatic heterocycles. The van der Waals surface area contributed by atoms with Gasteiger partial charge in [-0.05, 0) is 11.8 Å². The Morgan fingerprint density at radius 1 is 0.400 bits per heavy atom. The molecule has 0 aromatic heterocycles. The van der Waals surface area contributed by atoms with Gasteiger partial charge in [0.1, 0.15) is 0 Å². The zero-order chi connectivity index (χ0) is 13.9. The van der Waals surface area contributed by atoms with Crippen molar-refractivity contribution in [3.63, 3.8) is 0 Å². The Bertz CT molecular complexity index is 184. The Morgan fingerprint density at radius 2 is 0.700 bits per heavy atom. The van der Waals surface area contributed by atoms with E-state index in [1.54, 1.807) is 38.5 Å². The van der Waals surface area contributed by atoms with E-state index in [1.807, 2.05) is 0 Å². The molecule has 0 heterocycles. The summed E-state index contributed by atoms with van der Waals surface area (Å²) in [4.78, 5) is 0. The van der Waals surface area contributed by atoms with Crippen molar-refractivity contribution in [1.82, 2.24) is 0 Å². The summed E-state index contributed by atoms with van der Waals surface area (Å²) in [5, 5.41) is 0. The number of hydrogen-bond donors (Lipinski definition) is 0. The third-order valence-electron chi connectivity index (χ3n) is 5.92. The van der Waals surface area contributed by atoms with Gasteiger partial charge in [-0.25, -0.2) is 0 Å². The molecule has 0 atom stereocenters. The van der Waals surface area contributed by atoms with Crippen molar-refractivity contribution in [2.45, 2.75) is 116 Å². The molecule has 0 nitrogen and oxygen atoms in total. The molecule has 2 fully saturated rings. The molecule has 2 aliphatic carbocycles. The highest BCUT2D eigenvalue weighted by Crippen LogP contribution is 2.30. The number of unbranched alkanes of at least 4 members (excludes halogenated alkanes) is 7. The maximum atomic E-state index is 1.54. The van der Waals surface area contributed by atoms with Crippen LogP contribution in [0, 0.1) is 11.8 Å². The zero-order valence-electron chi connectivity index (χ0n) is 13.9. The van der Waals surface area contributed by atoms with Crippen molar-refractivity contribution in [2.75, 3.05) is 0 Å². The van der Waals surface area contributed by atoms with Crippen LogP contribution in [0.15, 0.2) is 0 Å². The van der Waals surface area contributed by atoms with E-state index in [4.69, 9.17) is 0 Å². The van der Waals surface area contributed by atoms with Crippen LogP contribution in [0.25, 0.3) is 0 Å². The molecule has 0 aromatic carbocycles. The van der Waals surface area contributed by atoms with Gasteiger partial charge in [0.2, 0.25) is 0 Å². The summed E-state index contributed by atoms with van der Waals surface area (Å²) < 4.78 is 0. The Hall–Kier alpha value is 0. The van der Waals surface area contributed by atoms with Gasteiger partial charge >= 0.3 is 0 Å². The van der Waals surface area contributed by atoms with E-state index in [2.05, 4.69) is 0 Å². The molecule has 0 radical (unpaired) electrons. The Balaban J connectivity index is 1.26. The van der Waals surface area contributed by atoms with Gasteiger partial charge in [-0.1, -0.05) is 116 Å². The molecular weight excluding hydrogens is 240 g/mol. The van der Waals surface area contributed by atoms with Crippen LogP contribution in [-0.4, -0.2) is 0 Å². The highest BCUT2D eigenvalue weighted by molar-refractivity contribution is 4.68. The minimum Gasteiger partial charge on any atom is -0.0533 e. The van der Waals surface area contributed by atoms with Gasteiger partial charge in [-0.15, -0.1) is 0 Å². The van der Waals surface area contributed by atoms with Crippen molar-refractivity contribution < 1.29 is 0 Å². The lowest BCUT2D eigenvalue weighted by Crippen LogP contribution is -1.93. The highest BCUT2D eigenvalue weighted by atomic mass is 14.2. The van der Waals surface area contributed by atoms with Crippen molar-refractivity contribution in [3.8, 4) is 0 Å². The van der Waals surface area contributed by atoms with E-state index in [9.17, 15) is 0 Å². The predicted octanol–water partition coefficient (Wildman–Crippen LogP) is 7.27. The summed E-state index contributed by atoms with van der Waals surface area (Å²) in [6, 6.07) is 0. The summed E-state index contributed by atoms with van der Waals surface area (Å²) in [5.41, 5.74) is 0. The molecule has 0 saturated heterocycles. The van der Waals surface area contributed by atoms with Gasteiger partial charge in [-0.3, -0.25) is 0 Å². The molecule has 0 bridgehead atoms. The Labute approximate surface area is 128 Å². The highest BCUT2D eigenvalue weighted by Gasteiger charge is 2.14. The standard InChI is InChI=1S/C20H38/c1(3-5-7-13-19-15-9-10-16-19)2-4-6-8-14-20-17-11-12-18-20/h19-20H,1-18H2. The van der Waals surface area contributed by atoms with Gasteiger partial charge in [0.15, 0.2) is 0 Å². The molecule has 0 spiro atoms. The summed E-state index contributed by atoms with van der Waals surface area (Å²) in [6.07, 6.45) is 27.4. The van der Waals surface area contributed by atoms with Gasteiger partial charge in [0, 0.05) is 0 Å². The fourth-order valence-corrected chi connectivity index (χ4v) is 4.52. The Morgan fingerprint density at radius 3 is 1.05 bits per heavy atom. The topological polar surface area (TPSA) is 0 Å². The lowest BCUT2D eigenvalue weighted by atomic mass is 9.97. The third kappa shape index (κ3) is 7.14. The summed E-state index contributed by atoms with van der Waals surface area (Å²) in [7, 11) is 0. The summed E-state index contributed by atoms with van der Waals surface area (Å²) in [6.45, 7) is 0. The average Bonchev–Trinajstić information content (AvgIpc) is 3.14. The van der Waals surface area contributed by atoms with Crippen molar-refractivity contribution in [3.05, 3.63) is 0 Å². The molecule has 0 heteroatoms. The number of rotatable bonds is 11. The first-order chi connectivity index (χ1) is 9.95. The maximum absolute atomic E-state index is 1.54. The van der Waals surface area contributed by atoms with Crippen LogP contribution in [0.4, 0.5) is 0 Å². The van der Waals surface area contributed by atoms with Crippen LogP contribution in [0.2, 0.25) is 0 Å². The minimum atomic E-state index is 1.12. The van der Waals surface area contributed by atoms with E-state index in [-0.39, 0.29) is 0 Å². The zero-order valence-corrected chi connectivity index (χ0v) is 13.9. The van der Waals surface area contributed by atoms with E-state index in [1.165, 1.54) is 77.0 Å². The van der Waals surface area contributed by atoms with E-state index in [0.717, 1.165) is 11.8 Å². The molecule has 0 unspecified atom stereocenters. The predicted molar refractivity (Wildman–Crippen MR) is 90.1 cm³/mol. The summed E-state index contributed by atoms with van der Waals surface area (Å²) in [5.74, 6) is 2.23. The fourth-order valence-electron chi connectivity index (χ4n) is 4.52. The van der Waals surface area contributed by atoms with Crippen LogP contribution in [0.3, 0.4) is 0 Å². The Kier molecular flexibility index (Phi) is 8.75. The van der Waals surface area contributed by atoms with E-state index in [0.29, 0.717) is 0 Å². The second-order valence-electron chi connectivity index (χ2n) is 7.71. The largest absolute Gasteiger partial charge is 0.0533 e. The average molecular weight is 279 g/mol. The molecule has 2 rings (SSSR count). The smallest absolute Gasteiger partial charge is 0.0414 e. The first-order valence-electron chi connectivity index (χ1n) is 9.95. The van der Waals surface area contributed by atoms with Crippen molar-refractivity contribution in [1.29, 1.82) is 0 Å². The van der Waals surface area contributed by atoms with Crippen molar-refractivity contribution >= 4 is 0 Å². The third-order valence-corrected chi connectivity index (χ3v) is 5.92. The quantitative estimate of drug-likeness (QED) is 0.349. The van der Waals surface area contributed by atoms with Gasteiger partial charge in [-0.2, -0.15) is 0 Å². The van der Waals surface area contributed by atoms with Crippen LogP contribution in [0.5, 0.6) is 0 Å². The van der Waals surface area contributed by atoms with Crippen LogP contribution in [0.1, 0.15) is 116 Å². The molecule has 0 N–H and O–H groups in total. The van der Waals surface area contributed by atoms with E-state index >= 15 is 0 Å². The molecule has 2 saturated carbocycles. The lowest BCUT2D eigenvalue weighted by molar-refractivity contribution is 0.450. The fraction of sp³-hybridized carbons (Fsp3) is 1.00. The van der Waals surface area contributed by atoms with Gasteiger partial charge < -0.3 is 0 Å².